The molecule has 0 aliphatic rings. The van der Waals surface area contributed by atoms with Crippen molar-refractivity contribution in [2.75, 3.05) is 6.61 Å². The van der Waals surface area contributed by atoms with E-state index in [2.05, 4.69) is 5.32 Å². The predicted octanol–water partition coefficient (Wildman–Crippen LogP) is 5.71. The zero-order chi connectivity index (χ0) is 24.1. The van der Waals surface area contributed by atoms with E-state index in [1.54, 1.807) is 18.2 Å². The number of carbonyl (C=O) groups is 2. The molecule has 0 aromatic heterocycles. The van der Waals surface area contributed by atoms with Gasteiger partial charge in [0.15, 0.2) is 6.61 Å². The molecule has 0 unspecified atom stereocenters. The summed E-state index contributed by atoms with van der Waals surface area (Å²) in [7, 11) is 0. The van der Waals surface area contributed by atoms with Crippen LogP contribution in [0.25, 0.3) is 0 Å². The van der Waals surface area contributed by atoms with E-state index in [1.807, 2.05) is 59.7 Å². The van der Waals surface area contributed by atoms with E-state index in [1.165, 1.54) is 4.90 Å². The maximum atomic E-state index is 13.3. The average molecular weight is 479 g/mol. The van der Waals surface area contributed by atoms with Gasteiger partial charge in [0, 0.05) is 22.1 Å². The molecule has 7 heteroatoms. The summed E-state index contributed by atoms with van der Waals surface area (Å²) in [4.78, 5) is 27.9. The number of rotatable bonds is 8. The molecule has 1 atom stereocenters. The van der Waals surface area contributed by atoms with Gasteiger partial charge in [-0.3, -0.25) is 9.59 Å². The van der Waals surface area contributed by atoms with Crippen LogP contribution >= 0.6 is 23.2 Å². The van der Waals surface area contributed by atoms with Gasteiger partial charge in [0.25, 0.3) is 5.91 Å². The highest BCUT2D eigenvalue weighted by Gasteiger charge is 2.31. The fraction of sp³-hybridized carbons (Fsp3) is 0.440. The van der Waals surface area contributed by atoms with Gasteiger partial charge in [-0.1, -0.05) is 53.9 Å². The van der Waals surface area contributed by atoms with Crippen molar-refractivity contribution in [2.24, 2.45) is 0 Å². The molecule has 0 saturated carbocycles. The molecule has 0 aliphatic carbocycles. The number of benzene rings is 2. The summed E-state index contributed by atoms with van der Waals surface area (Å²) in [5, 5.41) is 3.92. The summed E-state index contributed by atoms with van der Waals surface area (Å²) in [6, 6.07) is 10.2. The van der Waals surface area contributed by atoms with Gasteiger partial charge in [0.05, 0.1) is 0 Å². The third-order valence-corrected chi connectivity index (χ3v) is 5.51. The number of nitrogens with one attached hydrogen (secondary N) is 1. The molecule has 5 nitrogen and oxygen atoms in total. The third-order valence-electron chi connectivity index (χ3n) is 4.92. The zero-order valence-electron chi connectivity index (χ0n) is 19.6. The van der Waals surface area contributed by atoms with Crippen molar-refractivity contribution in [3.05, 3.63) is 63.1 Å². The molecule has 2 aromatic rings. The molecule has 174 valence electrons. The molecule has 0 spiro atoms. The lowest BCUT2D eigenvalue weighted by molar-refractivity contribution is -0.143. The standard InChI is InChI=1S/C25H32Cl2N2O3/c1-7-21(24(31)28-25(4,5)6)29(14-18-9-10-19(26)13-20(18)27)23(30)15-32-22-11-8-16(2)12-17(22)3/h8-13,21H,7,14-15H2,1-6H3,(H,28,31)/t21-/m0/s1. The molecule has 0 saturated heterocycles. The van der Waals surface area contributed by atoms with Crippen LogP contribution in [0.1, 0.15) is 50.8 Å². The van der Waals surface area contributed by atoms with Gasteiger partial charge in [-0.15, -0.1) is 0 Å². The van der Waals surface area contributed by atoms with E-state index in [0.717, 1.165) is 11.1 Å². The SMILES string of the molecule is CC[C@@H](C(=O)NC(C)(C)C)N(Cc1ccc(Cl)cc1Cl)C(=O)COc1ccc(C)cc1C. The largest absolute Gasteiger partial charge is 0.483 e. The lowest BCUT2D eigenvalue weighted by Crippen LogP contribution is -2.54. The van der Waals surface area contributed by atoms with Crippen LogP contribution in [0, 0.1) is 13.8 Å². The second kappa shape index (κ2) is 11.1. The Balaban J connectivity index is 2.30. The molecular formula is C25H32Cl2N2O3. The van der Waals surface area contributed by atoms with Gasteiger partial charge in [-0.05, 0) is 70.4 Å². The molecule has 0 radical (unpaired) electrons. The molecule has 1 N–H and O–H groups in total. The maximum Gasteiger partial charge on any atom is 0.261 e. The summed E-state index contributed by atoms with van der Waals surface area (Å²) in [6.07, 6.45) is 0.447. The van der Waals surface area contributed by atoms with Crippen LogP contribution in [-0.2, 0) is 16.1 Å². The van der Waals surface area contributed by atoms with Crippen molar-refractivity contribution in [3.63, 3.8) is 0 Å². The van der Waals surface area contributed by atoms with Crippen LogP contribution < -0.4 is 10.1 Å². The van der Waals surface area contributed by atoms with E-state index < -0.39 is 11.6 Å². The Morgan fingerprint density at radius 1 is 1.09 bits per heavy atom. The van der Waals surface area contributed by atoms with Gasteiger partial charge in [0.2, 0.25) is 5.91 Å². The van der Waals surface area contributed by atoms with E-state index in [9.17, 15) is 9.59 Å². The minimum atomic E-state index is -0.670. The number of halogens is 2. The summed E-state index contributed by atoms with van der Waals surface area (Å²) in [6.45, 7) is 11.5. The number of nitrogens with zero attached hydrogens (tertiary/aromatic N) is 1. The molecule has 32 heavy (non-hydrogen) atoms. The Hall–Kier alpha value is -2.24. The van der Waals surface area contributed by atoms with Crippen LogP contribution in [0.4, 0.5) is 0 Å². The molecule has 2 rings (SSSR count). The number of ether oxygens (including phenoxy) is 1. The Kier molecular flexibility index (Phi) is 8.99. The Labute approximate surface area is 201 Å². The Morgan fingerprint density at radius 2 is 1.78 bits per heavy atom. The van der Waals surface area contributed by atoms with Crippen molar-refractivity contribution < 1.29 is 14.3 Å². The average Bonchev–Trinajstić information content (AvgIpc) is 2.67. The summed E-state index contributed by atoms with van der Waals surface area (Å²) >= 11 is 12.4. The van der Waals surface area contributed by atoms with E-state index >= 15 is 0 Å². The van der Waals surface area contributed by atoms with Crippen molar-refractivity contribution in [1.29, 1.82) is 0 Å². The van der Waals surface area contributed by atoms with Crippen LogP contribution in [0.15, 0.2) is 36.4 Å². The summed E-state index contributed by atoms with van der Waals surface area (Å²) in [5.74, 6) is 0.123. The maximum absolute atomic E-state index is 13.3. The molecule has 0 fully saturated rings. The van der Waals surface area contributed by atoms with Crippen LogP contribution in [0.3, 0.4) is 0 Å². The number of hydrogen-bond donors (Lipinski definition) is 1. The van der Waals surface area contributed by atoms with Crippen LogP contribution in [0.2, 0.25) is 10.0 Å². The smallest absolute Gasteiger partial charge is 0.261 e. The first-order chi connectivity index (χ1) is 14.9. The monoisotopic (exact) mass is 478 g/mol. The Morgan fingerprint density at radius 3 is 2.34 bits per heavy atom. The second-order valence-corrected chi connectivity index (χ2v) is 9.82. The molecule has 0 bridgehead atoms. The van der Waals surface area contributed by atoms with Crippen molar-refractivity contribution in [2.45, 2.75) is 66.1 Å². The van der Waals surface area contributed by atoms with Crippen LogP contribution in [0.5, 0.6) is 5.75 Å². The number of amides is 2. The van der Waals surface area contributed by atoms with Gasteiger partial charge < -0.3 is 15.0 Å². The predicted molar refractivity (Wildman–Crippen MR) is 130 cm³/mol. The summed E-state index contributed by atoms with van der Waals surface area (Å²) in [5.41, 5.74) is 2.35. The lowest BCUT2D eigenvalue weighted by atomic mass is 10.1. The van der Waals surface area contributed by atoms with Crippen LogP contribution in [-0.4, -0.2) is 34.9 Å². The molecule has 2 amide bonds. The second-order valence-electron chi connectivity index (χ2n) is 8.98. The van der Waals surface area contributed by atoms with E-state index in [4.69, 9.17) is 27.9 Å². The van der Waals surface area contributed by atoms with Gasteiger partial charge in [0.1, 0.15) is 11.8 Å². The highest BCUT2D eigenvalue weighted by atomic mass is 35.5. The van der Waals surface area contributed by atoms with Crippen molar-refractivity contribution in [1.82, 2.24) is 10.2 Å². The highest BCUT2D eigenvalue weighted by molar-refractivity contribution is 6.35. The minimum Gasteiger partial charge on any atom is -0.483 e. The molecule has 2 aromatic carbocycles. The quantitative estimate of drug-likeness (QED) is 0.528. The van der Waals surface area contributed by atoms with E-state index in [0.29, 0.717) is 27.8 Å². The summed E-state index contributed by atoms with van der Waals surface area (Å²) < 4.78 is 5.82. The molecular weight excluding hydrogens is 447 g/mol. The number of aryl methyl sites for hydroxylation is 2. The first-order valence-corrected chi connectivity index (χ1v) is 11.4. The lowest BCUT2D eigenvalue weighted by Gasteiger charge is -2.33. The zero-order valence-corrected chi connectivity index (χ0v) is 21.1. The fourth-order valence-corrected chi connectivity index (χ4v) is 3.86. The molecule has 0 heterocycles. The highest BCUT2D eigenvalue weighted by Crippen LogP contribution is 2.24. The van der Waals surface area contributed by atoms with Crippen molar-refractivity contribution >= 4 is 35.0 Å². The van der Waals surface area contributed by atoms with Gasteiger partial charge in [-0.25, -0.2) is 0 Å². The number of hydrogen-bond acceptors (Lipinski definition) is 3. The third kappa shape index (κ3) is 7.42. The Bertz CT molecular complexity index is 970. The van der Waals surface area contributed by atoms with Crippen molar-refractivity contribution in [3.8, 4) is 5.75 Å². The first kappa shape index (κ1) is 26.0. The van der Waals surface area contributed by atoms with Gasteiger partial charge >= 0.3 is 0 Å². The minimum absolute atomic E-state index is 0.168. The number of carbonyl (C=O) groups excluding carboxylic acids is 2. The first-order valence-electron chi connectivity index (χ1n) is 10.7. The molecule has 0 aliphatic heterocycles. The van der Waals surface area contributed by atoms with Gasteiger partial charge in [-0.2, -0.15) is 0 Å². The topological polar surface area (TPSA) is 58.6 Å². The fourth-order valence-electron chi connectivity index (χ4n) is 3.39. The van der Waals surface area contributed by atoms with E-state index in [-0.39, 0.29) is 25.0 Å². The normalized spacial score (nSPS) is 12.2.